The summed E-state index contributed by atoms with van der Waals surface area (Å²) in [4.78, 5) is 55.0. The lowest BCUT2D eigenvalue weighted by Crippen LogP contribution is -2.39. The number of amides is 2. The Labute approximate surface area is 212 Å². The van der Waals surface area contributed by atoms with E-state index in [1.807, 2.05) is 12.1 Å². The van der Waals surface area contributed by atoms with Crippen LogP contribution in [0.2, 0.25) is 5.02 Å². The first-order valence-electron chi connectivity index (χ1n) is 11.9. The number of halogens is 1. The van der Waals surface area contributed by atoms with Crippen LogP contribution in [-0.4, -0.2) is 28.5 Å². The van der Waals surface area contributed by atoms with Gasteiger partial charge in [0.2, 0.25) is 11.8 Å². The van der Waals surface area contributed by atoms with E-state index < -0.39 is 23.7 Å². The summed E-state index contributed by atoms with van der Waals surface area (Å²) in [5, 5.41) is 10.2. The molecule has 180 valence electrons. The minimum atomic E-state index is -0.639. The first-order chi connectivity index (χ1) is 17.3. The third-order valence-electron chi connectivity index (χ3n) is 7.87. The summed E-state index contributed by atoms with van der Waals surface area (Å²) >= 11 is 6.56. The average Bonchev–Trinajstić information content (AvgIpc) is 3.12. The van der Waals surface area contributed by atoms with Crippen molar-refractivity contribution in [3.8, 4) is 5.75 Å². The van der Waals surface area contributed by atoms with E-state index in [4.69, 9.17) is 11.6 Å². The van der Waals surface area contributed by atoms with Crippen LogP contribution in [0, 0.1) is 17.8 Å². The van der Waals surface area contributed by atoms with Crippen molar-refractivity contribution in [2.45, 2.75) is 25.7 Å². The zero-order chi connectivity index (χ0) is 25.3. The van der Waals surface area contributed by atoms with Gasteiger partial charge >= 0.3 is 0 Å². The summed E-state index contributed by atoms with van der Waals surface area (Å²) in [7, 11) is 0. The molecule has 0 unspecified atom stereocenters. The number of allylic oxidation sites excluding steroid dienone is 6. The van der Waals surface area contributed by atoms with E-state index in [0.29, 0.717) is 34.4 Å². The van der Waals surface area contributed by atoms with Gasteiger partial charge in [-0.25, -0.2) is 0 Å². The molecule has 4 atom stereocenters. The molecule has 36 heavy (non-hydrogen) atoms. The number of Topliss-reactive ketones (excluding diaryl/α,β-unsaturated/α-hetero) is 1. The van der Waals surface area contributed by atoms with Crippen molar-refractivity contribution in [3.63, 3.8) is 0 Å². The van der Waals surface area contributed by atoms with Crippen LogP contribution in [0.4, 0.5) is 5.69 Å². The number of phenols is 1. The molecule has 0 spiro atoms. The fourth-order valence-electron chi connectivity index (χ4n) is 6.30. The van der Waals surface area contributed by atoms with Gasteiger partial charge in [-0.15, -0.1) is 0 Å². The van der Waals surface area contributed by atoms with Gasteiger partial charge in [0.15, 0.2) is 11.6 Å². The van der Waals surface area contributed by atoms with Gasteiger partial charge in [0.05, 0.1) is 17.5 Å². The lowest BCUT2D eigenvalue weighted by molar-refractivity contribution is -0.123. The van der Waals surface area contributed by atoms with E-state index >= 15 is 0 Å². The topological polar surface area (TPSA) is 91.8 Å². The molecule has 1 fully saturated rings. The van der Waals surface area contributed by atoms with Crippen LogP contribution < -0.4 is 4.90 Å². The number of fused-ring (bicyclic) bond motifs is 3. The Morgan fingerprint density at radius 1 is 0.972 bits per heavy atom. The largest absolute Gasteiger partial charge is 0.508 e. The summed E-state index contributed by atoms with van der Waals surface area (Å²) in [6.45, 7) is 1.62. The number of aromatic hydroxyl groups is 1. The number of hydrogen-bond donors (Lipinski definition) is 1. The van der Waals surface area contributed by atoms with Gasteiger partial charge in [0.1, 0.15) is 5.75 Å². The smallest absolute Gasteiger partial charge is 0.238 e. The number of benzene rings is 2. The summed E-state index contributed by atoms with van der Waals surface area (Å²) in [6, 6.07) is 13.4. The lowest BCUT2D eigenvalue weighted by atomic mass is 9.59. The van der Waals surface area contributed by atoms with Gasteiger partial charge in [-0.05, 0) is 61.6 Å². The second kappa shape index (κ2) is 8.14. The third-order valence-corrected chi connectivity index (χ3v) is 8.20. The molecule has 2 amide bonds. The Balaban J connectivity index is 1.51. The highest BCUT2D eigenvalue weighted by Gasteiger charge is 2.56. The van der Waals surface area contributed by atoms with E-state index in [9.17, 15) is 24.3 Å². The SMILES string of the molecule is CC1=CC(=O)C2=C(C1=O)[C@@H](c1ccc(O)cc1Cl)C1=CC[C@@H]3C(=O)N(c4ccccc4)C(=O)[C@@H]3[C@@H]1C2. The van der Waals surface area contributed by atoms with Crippen molar-refractivity contribution in [2.24, 2.45) is 17.8 Å². The zero-order valence-corrected chi connectivity index (χ0v) is 20.2. The highest BCUT2D eigenvalue weighted by Crippen LogP contribution is 2.56. The van der Waals surface area contributed by atoms with Crippen LogP contribution in [0.15, 0.2) is 83.0 Å². The molecular weight excluding hydrogens is 478 g/mol. The minimum absolute atomic E-state index is 0.0137. The Bertz CT molecular complexity index is 1470. The van der Waals surface area contributed by atoms with Gasteiger partial charge in [-0.2, -0.15) is 0 Å². The van der Waals surface area contributed by atoms with E-state index in [2.05, 4.69) is 0 Å². The Hall–Kier alpha value is -3.77. The molecule has 4 aliphatic rings. The first kappa shape index (κ1) is 22.7. The normalized spacial score (nSPS) is 27.4. The molecular formula is C29H22ClNO5. The predicted molar refractivity (Wildman–Crippen MR) is 133 cm³/mol. The molecule has 1 saturated heterocycles. The van der Waals surface area contributed by atoms with Crippen LogP contribution in [0.25, 0.3) is 0 Å². The van der Waals surface area contributed by atoms with Crippen LogP contribution in [0.3, 0.4) is 0 Å². The van der Waals surface area contributed by atoms with Crippen LogP contribution in [0.1, 0.15) is 31.2 Å². The van der Waals surface area contributed by atoms with Crippen molar-refractivity contribution in [3.05, 3.63) is 93.6 Å². The molecule has 1 heterocycles. The number of carbonyl (C=O) groups excluding carboxylic acids is 4. The van der Waals surface area contributed by atoms with Crippen LogP contribution in [-0.2, 0) is 19.2 Å². The molecule has 7 heteroatoms. The summed E-state index contributed by atoms with van der Waals surface area (Å²) in [6.07, 6.45) is 3.87. The van der Waals surface area contributed by atoms with E-state index in [-0.39, 0.29) is 40.6 Å². The third kappa shape index (κ3) is 3.17. The lowest BCUT2D eigenvalue weighted by Gasteiger charge is -2.42. The number of nitrogens with zero attached hydrogens (tertiary/aromatic N) is 1. The van der Waals surface area contributed by atoms with Crippen molar-refractivity contribution >= 4 is 40.7 Å². The molecule has 3 aliphatic carbocycles. The predicted octanol–water partition coefficient (Wildman–Crippen LogP) is 4.68. The molecule has 1 aliphatic heterocycles. The molecule has 0 bridgehead atoms. The van der Waals surface area contributed by atoms with Crippen LogP contribution in [0.5, 0.6) is 5.75 Å². The number of phenolic OH excluding ortho intramolecular Hbond substituents is 1. The summed E-state index contributed by atoms with van der Waals surface area (Å²) in [5.74, 6) is -3.25. The monoisotopic (exact) mass is 499 g/mol. The van der Waals surface area contributed by atoms with Gasteiger partial charge < -0.3 is 5.11 Å². The van der Waals surface area contributed by atoms with Crippen molar-refractivity contribution in [2.75, 3.05) is 4.90 Å². The first-order valence-corrected chi connectivity index (χ1v) is 12.3. The summed E-state index contributed by atoms with van der Waals surface area (Å²) in [5.41, 5.74) is 3.05. The quantitative estimate of drug-likeness (QED) is 0.368. The number of carbonyl (C=O) groups is 4. The van der Waals surface area contributed by atoms with Gasteiger partial charge in [0, 0.05) is 27.7 Å². The number of ketones is 2. The van der Waals surface area contributed by atoms with E-state index in [1.165, 1.54) is 23.1 Å². The maximum absolute atomic E-state index is 13.8. The Kier molecular flexibility index (Phi) is 5.12. The second-order valence-corrected chi connectivity index (χ2v) is 10.2. The van der Waals surface area contributed by atoms with Gasteiger partial charge in [-0.1, -0.05) is 47.5 Å². The number of rotatable bonds is 2. The fourth-order valence-corrected chi connectivity index (χ4v) is 6.58. The van der Waals surface area contributed by atoms with Crippen LogP contribution >= 0.6 is 11.6 Å². The molecule has 6 rings (SSSR count). The Morgan fingerprint density at radius 3 is 2.44 bits per heavy atom. The molecule has 1 N–H and O–H groups in total. The molecule has 6 nitrogen and oxygen atoms in total. The fraction of sp³-hybridized carbons (Fsp3) is 0.241. The zero-order valence-electron chi connectivity index (χ0n) is 19.4. The maximum atomic E-state index is 13.8. The molecule has 0 aromatic heterocycles. The summed E-state index contributed by atoms with van der Waals surface area (Å²) < 4.78 is 0. The number of hydrogen-bond acceptors (Lipinski definition) is 5. The molecule has 2 aromatic carbocycles. The van der Waals surface area contributed by atoms with Crippen molar-refractivity contribution in [1.29, 1.82) is 0 Å². The van der Waals surface area contributed by atoms with Crippen molar-refractivity contribution in [1.82, 2.24) is 0 Å². The average molecular weight is 500 g/mol. The van der Waals surface area contributed by atoms with Gasteiger partial charge in [-0.3, -0.25) is 24.1 Å². The number of para-hydroxylation sites is 1. The molecule has 0 radical (unpaired) electrons. The number of imide groups is 1. The number of anilines is 1. The Morgan fingerprint density at radius 2 is 1.72 bits per heavy atom. The van der Waals surface area contributed by atoms with E-state index in [0.717, 1.165) is 5.57 Å². The molecule has 2 aromatic rings. The molecule has 0 saturated carbocycles. The minimum Gasteiger partial charge on any atom is -0.508 e. The van der Waals surface area contributed by atoms with E-state index in [1.54, 1.807) is 37.3 Å². The highest BCUT2D eigenvalue weighted by atomic mass is 35.5. The van der Waals surface area contributed by atoms with Gasteiger partial charge in [0.25, 0.3) is 0 Å². The van der Waals surface area contributed by atoms with Crippen molar-refractivity contribution < 1.29 is 24.3 Å². The maximum Gasteiger partial charge on any atom is 0.238 e. The standard InChI is InChI=1S/C29H22ClNO5/c1-14-11-23(33)21-13-20-17(24(26(21)27(14)34)18-8-7-16(32)12-22(18)30)9-10-19-25(20)29(36)31(28(19)35)15-5-3-2-4-6-15/h2-9,11-12,19-20,24-25,32H,10,13H2,1H3/t19-,20+,24+,25-/m0/s1. The second-order valence-electron chi connectivity index (χ2n) is 9.78. The highest BCUT2D eigenvalue weighted by molar-refractivity contribution is 6.32.